The second-order valence-corrected chi connectivity index (χ2v) is 6.86. The Balaban J connectivity index is 2.24. The van der Waals surface area contributed by atoms with E-state index >= 15 is 0 Å². The normalized spacial score (nSPS) is 21.7. The third-order valence-corrected chi connectivity index (χ3v) is 4.79. The highest BCUT2D eigenvalue weighted by atomic mass is 32.2. The minimum Gasteiger partial charge on any atom is -0.331 e. The van der Waals surface area contributed by atoms with Crippen LogP contribution in [0.3, 0.4) is 0 Å². The number of aromatic amines is 1. The van der Waals surface area contributed by atoms with Crippen molar-refractivity contribution in [3.63, 3.8) is 0 Å². The number of hydrogen-bond donors (Lipinski definition) is 1. The van der Waals surface area contributed by atoms with E-state index in [2.05, 4.69) is 4.98 Å². The standard InChI is InChI=1S/C12H12N2O2S2/c1-8-2-3-10-11(6-8)14(12(17)13-10)9-4-5-18(15,16)7-9/h2-6,9H,7H2,1H3,(H,13,17). The van der Waals surface area contributed by atoms with Gasteiger partial charge in [0.05, 0.1) is 22.8 Å². The van der Waals surface area contributed by atoms with Gasteiger partial charge >= 0.3 is 0 Å². The van der Waals surface area contributed by atoms with Gasteiger partial charge in [-0.25, -0.2) is 8.42 Å². The van der Waals surface area contributed by atoms with Crippen LogP contribution in [0.4, 0.5) is 0 Å². The fourth-order valence-corrected chi connectivity index (χ4v) is 3.89. The number of rotatable bonds is 1. The molecule has 0 amide bonds. The maximum atomic E-state index is 11.5. The summed E-state index contributed by atoms with van der Waals surface area (Å²) in [4.78, 5) is 3.11. The summed E-state index contributed by atoms with van der Waals surface area (Å²) < 4.78 is 25.4. The van der Waals surface area contributed by atoms with Crippen LogP contribution in [0.1, 0.15) is 11.6 Å². The maximum absolute atomic E-state index is 11.5. The molecule has 1 aromatic heterocycles. The third kappa shape index (κ3) is 1.81. The first-order valence-electron chi connectivity index (χ1n) is 5.58. The molecule has 0 saturated carbocycles. The van der Waals surface area contributed by atoms with E-state index in [1.165, 1.54) is 5.41 Å². The van der Waals surface area contributed by atoms with Gasteiger partial charge in [-0.1, -0.05) is 6.07 Å². The van der Waals surface area contributed by atoms with Gasteiger partial charge in [0.1, 0.15) is 0 Å². The van der Waals surface area contributed by atoms with E-state index in [4.69, 9.17) is 12.2 Å². The highest BCUT2D eigenvalue weighted by molar-refractivity contribution is 7.94. The minimum atomic E-state index is -3.08. The first kappa shape index (κ1) is 11.7. The van der Waals surface area contributed by atoms with Gasteiger partial charge in [-0.3, -0.25) is 0 Å². The number of sulfone groups is 1. The molecule has 1 aliphatic rings. The summed E-state index contributed by atoms with van der Waals surface area (Å²) in [6, 6.07) is 5.77. The highest BCUT2D eigenvalue weighted by Gasteiger charge is 2.24. The average molecular weight is 280 g/mol. The molecule has 1 aliphatic heterocycles. The van der Waals surface area contributed by atoms with E-state index in [0.29, 0.717) is 4.77 Å². The van der Waals surface area contributed by atoms with Crippen LogP contribution < -0.4 is 0 Å². The van der Waals surface area contributed by atoms with Crippen molar-refractivity contribution >= 4 is 33.1 Å². The first-order valence-corrected chi connectivity index (χ1v) is 7.70. The van der Waals surface area contributed by atoms with Gasteiger partial charge in [-0.15, -0.1) is 0 Å². The van der Waals surface area contributed by atoms with E-state index in [1.54, 1.807) is 6.08 Å². The summed E-state index contributed by atoms with van der Waals surface area (Å²) in [7, 11) is -3.08. The van der Waals surface area contributed by atoms with Gasteiger partial charge < -0.3 is 9.55 Å². The SMILES string of the molecule is Cc1ccc2[nH]c(=S)n(C3C=CS(=O)(=O)C3)c2c1. The van der Waals surface area contributed by atoms with Crippen molar-refractivity contribution in [3.8, 4) is 0 Å². The number of fused-ring (bicyclic) bond motifs is 1. The zero-order chi connectivity index (χ0) is 12.9. The zero-order valence-electron chi connectivity index (χ0n) is 9.75. The van der Waals surface area contributed by atoms with Crippen LogP contribution in [-0.4, -0.2) is 23.7 Å². The number of hydrogen-bond acceptors (Lipinski definition) is 3. The average Bonchev–Trinajstić information content (AvgIpc) is 2.77. The van der Waals surface area contributed by atoms with E-state index in [9.17, 15) is 8.42 Å². The summed E-state index contributed by atoms with van der Waals surface area (Å²) in [5.41, 5.74) is 3.00. The van der Waals surface area contributed by atoms with Gasteiger partial charge in [0.15, 0.2) is 14.6 Å². The van der Waals surface area contributed by atoms with Crippen molar-refractivity contribution in [2.75, 3.05) is 5.75 Å². The lowest BCUT2D eigenvalue weighted by molar-refractivity contribution is 0.594. The summed E-state index contributed by atoms with van der Waals surface area (Å²) in [5.74, 6) is 0.0855. The van der Waals surface area contributed by atoms with Gasteiger partial charge in [0.25, 0.3) is 0 Å². The monoisotopic (exact) mass is 280 g/mol. The first-order chi connectivity index (χ1) is 8.46. The van der Waals surface area contributed by atoms with Crippen LogP contribution in [0, 0.1) is 11.7 Å². The molecule has 1 aromatic carbocycles. The molecule has 0 spiro atoms. The van der Waals surface area contributed by atoms with E-state index < -0.39 is 9.84 Å². The number of aromatic nitrogens is 2. The van der Waals surface area contributed by atoms with Crippen LogP contribution in [0.25, 0.3) is 11.0 Å². The molecule has 0 bridgehead atoms. The van der Waals surface area contributed by atoms with E-state index in [1.807, 2.05) is 29.7 Å². The predicted molar refractivity (Wildman–Crippen MR) is 73.8 cm³/mol. The molecule has 6 heteroatoms. The molecule has 1 atom stereocenters. The number of allylic oxidation sites excluding steroid dienone is 1. The van der Waals surface area contributed by atoms with Crippen LogP contribution in [0.5, 0.6) is 0 Å². The number of benzene rings is 1. The maximum Gasteiger partial charge on any atom is 0.178 e. The molecular formula is C12H12N2O2S2. The summed E-state index contributed by atoms with van der Waals surface area (Å²) in [6.45, 7) is 2.00. The molecule has 2 aromatic rings. The molecule has 0 radical (unpaired) electrons. The van der Waals surface area contributed by atoms with Gasteiger partial charge in [0.2, 0.25) is 0 Å². The topological polar surface area (TPSA) is 54.9 Å². The zero-order valence-corrected chi connectivity index (χ0v) is 11.4. The summed E-state index contributed by atoms with van der Waals surface area (Å²) >= 11 is 5.29. The number of aryl methyl sites for hydroxylation is 1. The summed E-state index contributed by atoms with van der Waals surface area (Å²) in [6.07, 6.45) is 1.70. The molecule has 0 aliphatic carbocycles. The number of imidazole rings is 1. The number of nitrogens with zero attached hydrogens (tertiary/aromatic N) is 1. The Morgan fingerprint density at radius 3 is 2.89 bits per heavy atom. The lowest BCUT2D eigenvalue weighted by atomic mass is 10.2. The smallest absolute Gasteiger partial charge is 0.178 e. The lowest BCUT2D eigenvalue weighted by Crippen LogP contribution is -2.11. The minimum absolute atomic E-state index is 0.0855. The predicted octanol–water partition coefficient (Wildman–Crippen LogP) is 2.49. The molecule has 1 unspecified atom stereocenters. The van der Waals surface area contributed by atoms with Crippen LogP contribution in [-0.2, 0) is 9.84 Å². The Kier molecular flexibility index (Phi) is 2.46. The Morgan fingerprint density at radius 1 is 1.44 bits per heavy atom. The third-order valence-electron chi connectivity index (χ3n) is 3.12. The molecule has 18 heavy (non-hydrogen) atoms. The van der Waals surface area contributed by atoms with Gasteiger partial charge in [-0.05, 0) is 42.9 Å². The molecule has 0 fully saturated rings. The number of nitrogens with one attached hydrogen (secondary N) is 1. The largest absolute Gasteiger partial charge is 0.331 e. The van der Waals surface area contributed by atoms with Crippen molar-refractivity contribution in [2.24, 2.45) is 0 Å². The van der Waals surface area contributed by atoms with E-state index in [0.717, 1.165) is 16.6 Å². The second kappa shape index (κ2) is 3.80. The summed E-state index contributed by atoms with van der Waals surface area (Å²) in [5, 5.41) is 1.27. The van der Waals surface area contributed by atoms with Crippen molar-refractivity contribution < 1.29 is 8.42 Å². The second-order valence-electron chi connectivity index (χ2n) is 4.55. The van der Waals surface area contributed by atoms with Crippen molar-refractivity contribution in [2.45, 2.75) is 13.0 Å². The van der Waals surface area contributed by atoms with Crippen molar-refractivity contribution in [1.82, 2.24) is 9.55 Å². The quantitative estimate of drug-likeness (QED) is 0.817. The van der Waals surface area contributed by atoms with Crippen LogP contribution in [0.2, 0.25) is 0 Å². The Hall–Kier alpha value is -1.40. The van der Waals surface area contributed by atoms with Crippen LogP contribution in [0.15, 0.2) is 29.7 Å². The Morgan fingerprint density at radius 2 is 2.22 bits per heavy atom. The number of H-pyrrole nitrogens is 1. The van der Waals surface area contributed by atoms with Crippen LogP contribution >= 0.6 is 12.2 Å². The highest BCUT2D eigenvalue weighted by Crippen LogP contribution is 2.26. The molecule has 3 rings (SSSR count). The Bertz CT molecular complexity index is 812. The lowest BCUT2D eigenvalue weighted by Gasteiger charge is -2.10. The van der Waals surface area contributed by atoms with Crippen molar-refractivity contribution in [3.05, 3.63) is 40.0 Å². The Labute approximate surface area is 110 Å². The fourth-order valence-electron chi connectivity index (χ4n) is 2.28. The molecule has 0 saturated heterocycles. The molecule has 1 N–H and O–H groups in total. The molecule has 94 valence electrons. The van der Waals surface area contributed by atoms with Gasteiger partial charge in [0, 0.05) is 5.41 Å². The molecular weight excluding hydrogens is 268 g/mol. The fraction of sp³-hybridized carbons (Fsp3) is 0.250. The van der Waals surface area contributed by atoms with Crippen molar-refractivity contribution in [1.29, 1.82) is 0 Å². The van der Waals surface area contributed by atoms with E-state index in [-0.39, 0.29) is 11.8 Å². The molecule has 4 nitrogen and oxygen atoms in total. The molecule has 2 heterocycles. The van der Waals surface area contributed by atoms with Gasteiger partial charge in [-0.2, -0.15) is 0 Å².